The Morgan fingerprint density at radius 3 is 2.39 bits per heavy atom. The fraction of sp³-hybridized carbons (Fsp3) is 0.0909. The van der Waals surface area contributed by atoms with Gasteiger partial charge in [0.05, 0.1) is 0 Å². The van der Waals surface area contributed by atoms with Gasteiger partial charge in [-0.05, 0) is 53.8 Å². The molecule has 1 aromatic heterocycles. The summed E-state index contributed by atoms with van der Waals surface area (Å²) >= 11 is 7.38. The fourth-order valence-corrected chi connectivity index (χ4v) is 3.31. The summed E-state index contributed by atoms with van der Waals surface area (Å²) in [5.74, 6) is -0.650. The van der Waals surface area contributed by atoms with Crippen LogP contribution in [0.4, 0.5) is 0 Å². The van der Waals surface area contributed by atoms with Gasteiger partial charge in [0.2, 0.25) is 0 Å². The standard InChI is InChI=1S/C22H19ClN2O2S/c23-18-10-8-16(9-11-18)12-13-24-22(27)20(15-19-7-4-14-28-19)25-21(26)17-5-2-1-3-6-17/h1-11,14-15H,12-13H2,(H,24,27)(H,25,26)/b20-15-. The molecule has 2 amide bonds. The Bertz CT molecular complexity index is 952. The van der Waals surface area contributed by atoms with Crippen LogP contribution < -0.4 is 10.6 Å². The Morgan fingerprint density at radius 2 is 1.71 bits per heavy atom. The molecule has 0 bridgehead atoms. The highest BCUT2D eigenvalue weighted by Crippen LogP contribution is 2.13. The molecule has 0 saturated heterocycles. The summed E-state index contributed by atoms with van der Waals surface area (Å²) in [5.41, 5.74) is 1.78. The van der Waals surface area contributed by atoms with Crippen LogP contribution in [0.15, 0.2) is 77.8 Å². The topological polar surface area (TPSA) is 58.2 Å². The van der Waals surface area contributed by atoms with Crippen LogP contribution in [-0.4, -0.2) is 18.4 Å². The lowest BCUT2D eigenvalue weighted by molar-refractivity contribution is -0.117. The van der Waals surface area contributed by atoms with Gasteiger partial charge in [0.1, 0.15) is 5.70 Å². The van der Waals surface area contributed by atoms with Crippen LogP contribution in [-0.2, 0) is 11.2 Å². The van der Waals surface area contributed by atoms with Crippen LogP contribution in [0, 0.1) is 0 Å². The maximum absolute atomic E-state index is 12.7. The van der Waals surface area contributed by atoms with Crippen molar-refractivity contribution in [3.05, 3.63) is 98.8 Å². The van der Waals surface area contributed by atoms with Gasteiger partial charge in [-0.25, -0.2) is 0 Å². The lowest BCUT2D eigenvalue weighted by Crippen LogP contribution is -2.35. The largest absolute Gasteiger partial charge is 0.350 e. The summed E-state index contributed by atoms with van der Waals surface area (Å²) in [6.45, 7) is 0.448. The molecule has 2 aromatic carbocycles. The van der Waals surface area contributed by atoms with Gasteiger partial charge < -0.3 is 10.6 Å². The van der Waals surface area contributed by atoms with Crippen molar-refractivity contribution in [1.82, 2.24) is 10.6 Å². The van der Waals surface area contributed by atoms with E-state index in [2.05, 4.69) is 10.6 Å². The number of carbonyl (C=O) groups excluding carboxylic acids is 2. The first-order valence-corrected chi connectivity index (χ1v) is 10.0. The third kappa shape index (κ3) is 5.81. The zero-order valence-corrected chi connectivity index (χ0v) is 16.6. The van der Waals surface area contributed by atoms with Gasteiger partial charge in [-0.2, -0.15) is 0 Å². The second-order valence-corrected chi connectivity index (χ2v) is 7.44. The van der Waals surface area contributed by atoms with Crippen LogP contribution in [0.25, 0.3) is 6.08 Å². The summed E-state index contributed by atoms with van der Waals surface area (Å²) in [4.78, 5) is 26.0. The first-order chi connectivity index (χ1) is 13.6. The summed E-state index contributed by atoms with van der Waals surface area (Å²) in [5, 5.41) is 8.19. The molecule has 28 heavy (non-hydrogen) atoms. The summed E-state index contributed by atoms with van der Waals surface area (Å²) in [6, 6.07) is 20.1. The number of halogens is 1. The first kappa shape index (κ1) is 19.9. The van der Waals surface area contributed by atoms with E-state index in [-0.39, 0.29) is 17.5 Å². The highest BCUT2D eigenvalue weighted by molar-refractivity contribution is 7.10. The van der Waals surface area contributed by atoms with E-state index in [0.717, 1.165) is 10.4 Å². The van der Waals surface area contributed by atoms with E-state index in [4.69, 9.17) is 11.6 Å². The van der Waals surface area contributed by atoms with Gasteiger partial charge in [0, 0.05) is 22.0 Å². The van der Waals surface area contributed by atoms with E-state index in [1.807, 2.05) is 47.8 Å². The molecular weight excluding hydrogens is 392 g/mol. The van der Waals surface area contributed by atoms with Crippen molar-refractivity contribution in [3.63, 3.8) is 0 Å². The number of carbonyl (C=O) groups is 2. The van der Waals surface area contributed by atoms with Crippen molar-refractivity contribution in [2.24, 2.45) is 0 Å². The van der Waals surface area contributed by atoms with Gasteiger partial charge in [0.15, 0.2) is 0 Å². The number of rotatable bonds is 7. The van der Waals surface area contributed by atoms with Crippen LogP contribution in [0.5, 0.6) is 0 Å². The third-order valence-electron chi connectivity index (χ3n) is 3.97. The molecule has 0 saturated carbocycles. The quantitative estimate of drug-likeness (QED) is 0.562. The maximum atomic E-state index is 12.7. The van der Waals surface area contributed by atoms with Gasteiger partial charge in [0.25, 0.3) is 11.8 Å². The summed E-state index contributed by atoms with van der Waals surface area (Å²) in [7, 11) is 0. The fourth-order valence-electron chi connectivity index (χ4n) is 2.52. The van der Waals surface area contributed by atoms with Crippen LogP contribution in [0.1, 0.15) is 20.8 Å². The van der Waals surface area contributed by atoms with E-state index in [0.29, 0.717) is 23.6 Å². The predicted molar refractivity (Wildman–Crippen MR) is 114 cm³/mol. The van der Waals surface area contributed by atoms with E-state index in [1.54, 1.807) is 30.3 Å². The smallest absolute Gasteiger partial charge is 0.267 e. The van der Waals surface area contributed by atoms with Crippen molar-refractivity contribution in [3.8, 4) is 0 Å². The van der Waals surface area contributed by atoms with Gasteiger partial charge in [-0.1, -0.05) is 48.0 Å². The highest BCUT2D eigenvalue weighted by Gasteiger charge is 2.14. The van der Waals surface area contributed by atoms with Crippen LogP contribution in [0.2, 0.25) is 5.02 Å². The monoisotopic (exact) mass is 410 g/mol. The minimum absolute atomic E-state index is 0.215. The molecule has 0 spiro atoms. The molecule has 0 aliphatic heterocycles. The summed E-state index contributed by atoms with van der Waals surface area (Å²) < 4.78 is 0. The third-order valence-corrected chi connectivity index (χ3v) is 5.04. The Balaban J connectivity index is 1.66. The maximum Gasteiger partial charge on any atom is 0.267 e. The van der Waals surface area contributed by atoms with Crippen molar-refractivity contribution in [2.75, 3.05) is 6.54 Å². The Labute approximate surface area is 172 Å². The number of amides is 2. The highest BCUT2D eigenvalue weighted by atomic mass is 35.5. The van der Waals surface area contributed by atoms with Gasteiger partial charge in [-0.3, -0.25) is 9.59 Å². The van der Waals surface area contributed by atoms with Gasteiger partial charge >= 0.3 is 0 Å². The number of thiophene rings is 1. The van der Waals surface area contributed by atoms with E-state index >= 15 is 0 Å². The van der Waals surface area contributed by atoms with Crippen molar-refractivity contribution >= 4 is 40.8 Å². The van der Waals surface area contributed by atoms with Crippen molar-refractivity contribution < 1.29 is 9.59 Å². The van der Waals surface area contributed by atoms with E-state index in [1.165, 1.54) is 11.3 Å². The molecule has 0 fully saturated rings. The van der Waals surface area contributed by atoms with Gasteiger partial charge in [-0.15, -0.1) is 11.3 Å². The molecule has 6 heteroatoms. The Kier molecular flexibility index (Phi) is 7.00. The first-order valence-electron chi connectivity index (χ1n) is 8.76. The average molecular weight is 411 g/mol. The van der Waals surface area contributed by atoms with E-state index < -0.39 is 0 Å². The molecule has 3 rings (SSSR count). The molecule has 0 unspecified atom stereocenters. The lowest BCUT2D eigenvalue weighted by Gasteiger charge is -2.11. The molecule has 0 aliphatic rings. The molecule has 4 nitrogen and oxygen atoms in total. The molecular formula is C22H19ClN2O2S. The Hall–Kier alpha value is -2.89. The second-order valence-electron chi connectivity index (χ2n) is 6.03. The minimum Gasteiger partial charge on any atom is -0.350 e. The summed E-state index contributed by atoms with van der Waals surface area (Å²) in [6.07, 6.45) is 2.35. The zero-order valence-electron chi connectivity index (χ0n) is 15.0. The number of nitrogens with one attached hydrogen (secondary N) is 2. The molecule has 0 aliphatic carbocycles. The number of hydrogen-bond donors (Lipinski definition) is 2. The lowest BCUT2D eigenvalue weighted by atomic mass is 10.1. The molecule has 142 valence electrons. The van der Waals surface area contributed by atoms with E-state index in [9.17, 15) is 9.59 Å². The van der Waals surface area contributed by atoms with Crippen molar-refractivity contribution in [2.45, 2.75) is 6.42 Å². The number of benzene rings is 2. The molecule has 1 heterocycles. The molecule has 2 N–H and O–H groups in total. The Morgan fingerprint density at radius 1 is 0.964 bits per heavy atom. The van der Waals surface area contributed by atoms with Crippen LogP contribution in [0.3, 0.4) is 0 Å². The SMILES string of the molecule is O=C(NCCc1ccc(Cl)cc1)/C(=C/c1cccs1)NC(=O)c1ccccc1. The van der Waals surface area contributed by atoms with Crippen LogP contribution >= 0.6 is 22.9 Å². The van der Waals surface area contributed by atoms with Crippen molar-refractivity contribution in [1.29, 1.82) is 0 Å². The number of hydrogen-bond acceptors (Lipinski definition) is 3. The second kappa shape index (κ2) is 9.88. The normalized spacial score (nSPS) is 11.1. The average Bonchev–Trinajstić information content (AvgIpc) is 3.22. The minimum atomic E-state index is -0.327. The molecule has 0 radical (unpaired) electrons. The molecule has 0 atom stereocenters. The molecule has 3 aromatic rings. The predicted octanol–water partition coefficient (Wildman–Crippen LogP) is 4.53. The zero-order chi connectivity index (χ0) is 19.8.